The number of pyridine rings is 2. The van der Waals surface area contributed by atoms with Crippen molar-refractivity contribution in [3.63, 3.8) is 0 Å². The van der Waals surface area contributed by atoms with Gasteiger partial charge in [0, 0.05) is 36.6 Å². The third-order valence-corrected chi connectivity index (χ3v) is 8.13. The summed E-state index contributed by atoms with van der Waals surface area (Å²) >= 11 is 0. The minimum Gasteiger partial charge on any atom is -0.493 e. The number of benzene rings is 2. The van der Waals surface area contributed by atoms with E-state index in [0.717, 1.165) is 27.8 Å². The highest BCUT2D eigenvalue weighted by atomic mass is 32.2. The summed E-state index contributed by atoms with van der Waals surface area (Å²) < 4.78 is 39.7. The van der Waals surface area contributed by atoms with Crippen LogP contribution in [0.2, 0.25) is 0 Å². The number of rotatable bonds is 6. The Morgan fingerprint density at radius 3 is 2.43 bits per heavy atom. The van der Waals surface area contributed by atoms with Crippen LogP contribution < -0.4 is 13.8 Å². The van der Waals surface area contributed by atoms with Gasteiger partial charge in [-0.3, -0.25) is 4.98 Å². The van der Waals surface area contributed by atoms with Crippen molar-refractivity contribution in [2.75, 3.05) is 25.1 Å². The van der Waals surface area contributed by atoms with E-state index in [2.05, 4.69) is 9.97 Å². The topological polar surface area (TPSA) is 81.6 Å². The summed E-state index contributed by atoms with van der Waals surface area (Å²) in [5, 5.41) is 0. The van der Waals surface area contributed by atoms with E-state index in [1.54, 1.807) is 44.9 Å². The summed E-state index contributed by atoms with van der Waals surface area (Å²) in [6, 6.07) is 18.3. The first-order valence-electron chi connectivity index (χ1n) is 11.1. The van der Waals surface area contributed by atoms with Crippen LogP contribution in [-0.4, -0.2) is 39.2 Å². The number of hydrogen-bond donors (Lipinski definition) is 0. The van der Waals surface area contributed by atoms with Gasteiger partial charge in [0.25, 0.3) is 10.0 Å². The number of ether oxygens (including phenoxy) is 2. The van der Waals surface area contributed by atoms with Gasteiger partial charge in [-0.15, -0.1) is 0 Å². The second kappa shape index (κ2) is 9.03. The summed E-state index contributed by atoms with van der Waals surface area (Å²) in [5.41, 5.74) is 4.77. The predicted octanol–water partition coefficient (Wildman–Crippen LogP) is 4.81. The van der Waals surface area contributed by atoms with Gasteiger partial charge in [-0.1, -0.05) is 24.3 Å². The highest BCUT2D eigenvalue weighted by molar-refractivity contribution is 7.92. The maximum absolute atomic E-state index is 13.7. The van der Waals surface area contributed by atoms with Crippen LogP contribution in [0.3, 0.4) is 0 Å². The molecule has 0 saturated heterocycles. The number of nitrogens with zero attached hydrogens (tertiary/aromatic N) is 3. The maximum atomic E-state index is 13.7. The van der Waals surface area contributed by atoms with Gasteiger partial charge in [0.15, 0.2) is 11.5 Å². The molecule has 2 aromatic heterocycles. The Bertz CT molecular complexity index is 1490. The van der Waals surface area contributed by atoms with Crippen molar-refractivity contribution in [2.45, 2.75) is 17.7 Å². The number of aromatic nitrogens is 2. The molecule has 0 N–H and O–H groups in total. The Kier molecular flexibility index (Phi) is 5.90. The van der Waals surface area contributed by atoms with Gasteiger partial charge in [0.05, 0.1) is 19.1 Å². The van der Waals surface area contributed by atoms with Gasteiger partial charge in [-0.05, 0) is 65.6 Å². The molecule has 0 fully saturated rings. The lowest BCUT2D eigenvalue weighted by Gasteiger charge is -2.20. The quantitative estimate of drug-likeness (QED) is 0.388. The molecule has 1 aliphatic heterocycles. The molecule has 3 heterocycles. The van der Waals surface area contributed by atoms with Crippen molar-refractivity contribution in [2.24, 2.45) is 0 Å². The van der Waals surface area contributed by atoms with Crippen molar-refractivity contribution in [1.29, 1.82) is 0 Å². The highest BCUT2D eigenvalue weighted by Gasteiger charge is 2.38. The van der Waals surface area contributed by atoms with Crippen LogP contribution in [-0.2, 0) is 10.0 Å². The number of sulfonamides is 1. The number of fused-ring (bicyclic) bond motifs is 1. The molecular formula is C27H25N3O4S. The summed E-state index contributed by atoms with van der Waals surface area (Å²) in [7, 11) is -0.660. The standard InChI is InChI=1S/C27H25N3O4S/c1-18-16-28-14-12-22(18)19-6-9-21(10-7-19)35(31,32)30-17-24(23-5-4-13-29-27(23)30)20-8-11-25(33-2)26(15-20)34-3/h4-16,24H,17H2,1-3H3. The van der Waals surface area contributed by atoms with Crippen molar-refractivity contribution < 1.29 is 17.9 Å². The largest absolute Gasteiger partial charge is 0.493 e. The van der Waals surface area contributed by atoms with E-state index >= 15 is 0 Å². The Balaban J connectivity index is 1.51. The first-order chi connectivity index (χ1) is 16.9. The second-order valence-corrected chi connectivity index (χ2v) is 10.2. The zero-order valence-corrected chi connectivity index (χ0v) is 20.5. The van der Waals surface area contributed by atoms with E-state index in [-0.39, 0.29) is 17.4 Å². The molecule has 2 aromatic carbocycles. The minimum atomic E-state index is -3.83. The molecule has 0 bridgehead atoms. The maximum Gasteiger partial charge on any atom is 0.265 e. The molecule has 4 aromatic rings. The van der Waals surface area contributed by atoms with Crippen LogP contribution >= 0.6 is 0 Å². The molecule has 1 unspecified atom stereocenters. The van der Waals surface area contributed by atoms with E-state index in [4.69, 9.17) is 9.47 Å². The molecule has 0 aliphatic carbocycles. The van der Waals surface area contributed by atoms with Gasteiger partial charge in [-0.25, -0.2) is 17.7 Å². The van der Waals surface area contributed by atoms with E-state index in [0.29, 0.717) is 17.3 Å². The van der Waals surface area contributed by atoms with Crippen LogP contribution in [0.1, 0.15) is 22.6 Å². The molecule has 0 spiro atoms. The fourth-order valence-electron chi connectivity index (χ4n) is 4.54. The number of anilines is 1. The Labute approximate surface area is 205 Å². The number of aryl methyl sites for hydroxylation is 1. The van der Waals surface area contributed by atoms with Gasteiger partial charge in [-0.2, -0.15) is 0 Å². The lowest BCUT2D eigenvalue weighted by Crippen LogP contribution is -2.30. The van der Waals surface area contributed by atoms with Crippen LogP contribution in [0.4, 0.5) is 5.82 Å². The van der Waals surface area contributed by atoms with Crippen LogP contribution in [0.25, 0.3) is 11.1 Å². The van der Waals surface area contributed by atoms with Crippen molar-refractivity contribution >= 4 is 15.8 Å². The number of methoxy groups -OCH3 is 2. The monoisotopic (exact) mass is 487 g/mol. The molecule has 178 valence electrons. The Hall–Kier alpha value is -3.91. The summed E-state index contributed by atoms with van der Waals surface area (Å²) in [4.78, 5) is 8.79. The van der Waals surface area contributed by atoms with E-state index in [1.807, 2.05) is 55.5 Å². The van der Waals surface area contributed by atoms with Crippen molar-refractivity contribution in [3.05, 3.63) is 95.9 Å². The highest BCUT2D eigenvalue weighted by Crippen LogP contribution is 2.43. The molecule has 35 heavy (non-hydrogen) atoms. The average Bonchev–Trinajstić information content (AvgIpc) is 3.29. The SMILES string of the molecule is COc1ccc(C2CN(S(=O)(=O)c3ccc(-c4ccncc4C)cc3)c3ncccc32)cc1OC. The van der Waals surface area contributed by atoms with E-state index < -0.39 is 10.0 Å². The molecule has 0 amide bonds. The van der Waals surface area contributed by atoms with Crippen molar-refractivity contribution in [1.82, 2.24) is 9.97 Å². The summed E-state index contributed by atoms with van der Waals surface area (Å²) in [6.45, 7) is 2.23. The molecule has 1 atom stereocenters. The van der Waals surface area contributed by atoms with E-state index in [9.17, 15) is 8.42 Å². The van der Waals surface area contributed by atoms with E-state index in [1.165, 1.54) is 4.31 Å². The first kappa shape index (κ1) is 22.9. The minimum absolute atomic E-state index is 0.188. The van der Waals surface area contributed by atoms with Gasteiger partial charge >= 0.3 is 0 Å². The zero-order valence-electron chi connectivity index (χ0n) is 19.7. The molecule has 0 radical (unpaired) electrons. The third kappa shape index (κ3) is 4.00. The average molecular weight is 488 g/mol. The lowest BCUT2D eigenvalue weighted by atomic mass is 9.94. The molecular weight excluding hydrogens is 462 g/mol. The molecule has 7 nitrogen and oxygen atoms in total. The second-order valence-electron chi connectivity index (χ2n) is 8.33. The summed E-state index contributed by atoms with van der Waals surface area (Å²) in [6.07, 6.45) is 5.14. The van der Waals surface area contributed by atoms with Gasteiger partial charge < -0.3 is 9.47 Å². The number of hydrogen-bond acceptors (Lipinski definition) is 6. The fraction of sp³-hybridized carbons (Fsp3) is 0.185. The normalized spacial score (nSPS) is 15.1. The van der Waals surface area contributed by atoms with Crippen LogP contribution in [0.5, 0.6) is 11.5 Å². The first-order valence-corrected chi connectivity index (χ1v) is 12.6. The van der Waals surface area contributed by atoms with Gasteiger partial charge in [0.2, 0.25) is 0 Å². The van der Waals surface area contributed by atoms with Crippen LogP contribution in [0, 0.1) is 6.92 Å². The zero-order chi connectivity index (χ0) is 24.6. The fourth-order valence-corrected chi connectivity index (χ4v) is 6.00. The Morgan fingerprint density at radius 1 is 0.943 bits per heavy atom. The molecule has 0 saturated carbocycles. The van der Waals surface area contributed by atoms with Crippen LogP contribution in [0.15, 0.2) is 84.1 Å². The Morgan fingerprint density at radius 2 is 1.71 bits per heavy atom. The van der Waals surface area contributed by atoms with Gasteiger partial charge in [0.1, 0.15) is 5.82 Å². The lowest BCUT2D eigenvalue weighted by molar-refractivity contribution is 0.354. The smallest absolute Gasteiger partial charge is 0.265 e. The summed E-state index contributed by atoms with van der Waals surface area (Å²) in [5.74, 6) is 1.47. The molecule has 5 rings (SSSR count). The predicted molar refractivity (Wildman–Crippen MR) is 135 cm³/mol. The molecule has 1 aliphatic rings. The third-order valence-electron chi connectivity index (χ3n) is 6.36. The van der Waals surface area contributed by atoms with Crippen molar-refractivity contribution in [3.8, 4) is 22.6 Å². The molecule has 8 heteroatoms.